The number of nitrogens with one attached hydrogen (secondary N) is 1. The number of hydrogen-bond acceptors (Lipinski definition) is 3. The minimum absolute atomic E-state index is 0.148. The van der Waals surface area contributed by atoms with Gasteiger partial charge in [-0.25, -0.2) is 9.18 Å². The molecule has 1 heterocycles. The molecule has 3 aromatic carbocycles. The number of nitrogens with zero attached hydrogens (tertiary/aromatic N) is 1. The maximum absolute atomic E-state index is 13.4. The van der Waals surface area contributed by atoms with Crippen molar-refractivity contribution in [1.29, 1.82) is 0 Å². The summed E-state index contributed by atoms with van der Waals surface area (Å²) in [5.74, 6) is -1.35. The first kappa shape index (κ1) is 21.3. The molecule has 0 spiro atoms. The highest BCUT2D eigenvalue weighted by Gasteiger charge is 2.18. The van der Waals surface area contributed by atoms with Crippen LogP contribution in [0, 0.1) is 12.7 Å². The number of aromatic nitrogens is 1. The van der Waals surface area contributed by atoms with Gasteiger partial charge in [0, 0.05) is 24.2 Å². The van der Waals surface area contributed by atoms with Crippen LogP contribution in [-0.2, 0) is 7.05 Å². The summed E-state index contributed by atoms with van der Waals surface area (Å²) in [5, 5.41) is 14.1. The lowest BCUT2D eigenvalue weighted by molar-refractivity contribution is 0.0698. The third-order valence-corrected chi connectivity index (χ3v) is 5.67. The van der Waals surface area contributed by atoms with Crippen LogP contribution in [-0.4, -0.2) is 15.6 Å². The third-order valence-electron chi connectivity index (χ3n) is 5.67. The van der Waals surface area contributed by atoms with E-state index in [1.807, 2.05) is 32.0 Å². The summed E-state index contributed by atoms with van der Waals surface area (Å²) in [4.78, 5) is 24.8. The van der Waals surface area contributed by atoms with Gasteiger partial charge < -0.3 is 15.0 Å². The van der Waals surface area contributed by atoms with Crippen molar-refractivity contribution in [3.05, 3.63) is 99.6 Å². The van der Waals surface area contributed by atoms with E-state index in [1.54, 1.807) is 48.0 Å². The molecule has 4 rings (SSSR count). The zero-order valence-corrected chi connectivity index (χ0v) is 18.0. The monoisotopic (exact) mass is 430 g/mol. The Bertz CT molecular complexity index is 1390. The first-order valence-corrected chi connectivity index (χ1v) is 10.3. The average Bonchev–Trinajstić information content (AvgIpc) is 2.77. The van der Waals surface area contributed by atoms with E-state index in [4.69, 9.17) is 0 Å². The van der Waals surface area contributed by atoms with Crippen LogP contribution in [0.3, 0.4) is 0 Å². The van der Waals surface area contributed by atoms with Gasteiger partial charge in [-0.2, -0.15) is 0 Å². The summed E-state index contributed by atoms with van der Waals surface area (Å²) < 4.78 is 15.0. The number of fused-ring (bicyclic) bond motifs is 1. The van der Waals surface area contributed by atoms with Crippen molar-refractivity contribution in [3.63, 3.8) is 0 Å². The lowest BCUT2D eigenvalue weighted by Crippen LogP contribution is -2.20. The largest absolute Gasteiger partial charge is 0.478 e. The maximum atomic E-state index is 13.4. The highest BCUT2D eigenvalue weighted by atomic mass is 19.1. The van der Waals surface area contributed by atoms with Gasteiger partial charge in [-0.3, -0.25) is 4.79 Å². The molecule has 0 radical (unpaired) electrons. The Kier molecular flexibility index (Phi) is 5.53. The van der Waals surface area contributed by atoms with Crippen molar-refractivity contribution in [3.8, 4) is 11.3 Å². The zero-order valence-electron chi connectivity index (χ0n) is 18.0. The second-order valence-corrected chi connectivity index (χ2v) is 7.93. The number of pyridine rings is 1. The van der Waals surface area contributed by atoms with Gasteiger partial charge in [0.25, 0.3) is 5.56 Å². The van der Waals surface area contributed by atoms with Crippen LogP contribution in [0.25, 0.3) is 22.0 Å². The second kappa shape index (κ2) is 8.30. The van der Waals surface area contributed by atoms with E-state index in [-0.39, 0.29) is 23.0 Å². The summed E-state index contributed by atoms with van der Waals surface area (Å²) in [7, 11) is 1.70. The number of para-hydroxylation sites is 1. The minimum atomic E-state index is -1.01. The molecule has 0 aliphatic heterocycles. The molecule has 0 saturated carbocycles. The van der Waals surface area contributed by atoms with Crippen LogP contribution < -0.4 is 10.9 Å². The van der Waals surface area contributed by atoms with Gasteiger partial charge in [0.1, 0.15) is 5.82 Å². The lowest BCUT2D eigenvalue weighted by Gasteiger charge is -2.21. The number of carboxylic acids is 1. The van der Waals surface area contributed by atoms with Crippen LogP contribution >= 0.6 is 0 Å². The van der Waals surface area contributed by atoms with Crippen molar-refractivity contribution in [2.45, 2.75) is 19.9 Å². The molecule has 162 valence electrons. The Hall–Kier alpha value is -3.93. The molecule has 5 nitrogen and oxygen atoms in total. The normalized spacial score (nSPS) is 12.0. The van der Waals surface area contributed by atoms with Gasteiger partial charge in [0.2, 0.25) is 0 Å². The zero-order chi connectivity index (χ0) is 23.0. The summed E-state index contributed by atoms with van der Waals surface area (Å²) in [6.07, 6.45) is 0. The topological polar surface area (TPSA) is 71.3 Å². The standard InChI is InChI=1S/C26H23FN2O3/c1-15-12-20(16(2)28-23-7-5-4-6-19(23)26(31)32)21-14-24(17-8-10-18(27)11-9-17)29(3)25(30)22(21)13-15/h4-14,16,28H,1-3H3,(H,31,32)/t16-/m0/s1. The number of anilines is 1. The molecule has 0 unspecified atom stereocenters. The molecule has 0 aliphatic rings. The number of aryl methyl sites for hydroxylation is 1. The number of carbonyl (C=O) groups is 1. The van der Waals surface area contributed by atoms with Crippen molar-refractivity contribution in [1.82, 2.24) is 4.57 Å². The molecule has 0 fully saturated rings. The molecule has 1 aromatic heterocycles. The van der Waals surface area contributed by atoms with E-state index in [1.165, 1.54) is 12.1 Å². The molecule has 2 N–H and O–H groups in total. The van der Waals surface area contributed by atoms with Gasteiger partial charge in [-0.1, -0.05) is 18.2 Å². The third kappa shape index (κ3) is 3.87. The highest BCUT2D eigenvalue weighted by molar-refractivity contribution is 5.94. The molecule has 4 aromatic rings. The molecule has 32 heavy (non-hydrogen) atoms. The molecule has 0 amide bonds. The fraction of sp³-hybridized carbons (Fsp3) is 0.154. The Morgan fingerprint density at radius 1 is 1.03 bits per heavy atom. The second-order valence-electron chi connectivity index (χ2n) is 7.93. The van der Waals surface area contributed by atoms with Crippen LogP contribution in [0.5, 0.6) is 0 Å². The first-order valence-electron chi connectivity index (χ1n) is 10.3. The SMILES string of the molecule is Cc1cc([C@H](C)Nc2ccccc2C(=O)O)c2cc(-c3ccc(F)cc3)n(C)c(=O)c2c1. The number of carboxylic acid groups (broad SMARTS) is 1. The average molecular weight is 430 g/mol. The Morgan fingerprint density at radius 3 is 2.41 bits per heavy atom. The Morgan fingerprint density at radius 2 is 1.72 bits per heavy atom. The molecule has 0 bridgehead atoms. The van der Waals surface area contributed by atoms with Gasteiger partial charge in [-0.15, -0.1) is 0 Å². The molecule has 0 aliphatic carbocycles. The highest BCUT2D eigenvalue weighted by Crippen LogP contribution is 2.31. The van der Waals surface area contributed by atoms with Gasteiger partial charge >= 0.3 is 5.97 Å². The van der Waals surface area contributed by atoms with Crippen LogP contribution in [0.4, 0.5) is 10.1 Å². The van der Waals surface area contributed by atoms with E-state index < -0.39 is 5.97 Å². The molecule has 6 heteroatoms. The summed E-state index contributed by atoms with van der Waals surface area (Å²) >= 11 is 0. The first-order chi connectivity index (χ1) is 15.3. The number of hydrogen-bond donors (Lipinski definition) is 2. The van der Waals surface area contributed by atoms with Crippen molar-refractivity contribution in [2.24, 2.45) is 7.05 Å². The van der Waals surface area contributed by atoms with Crippen molar-refractivity contribution >= 4 is 22.4 Å². The number of aromatic carboxylic acids is 1. The van der Waals surface area contributed by atoms with E-state index in [0.717, 1.165) is 22.1 Å². The maximum Gasteiger partial charge on any atom is 0.337 e. The number of rotatable bonds is 5. The molecule has 0 saturated heterocycles. The smallest absolute Gasteiger partial charge is 0.337 e. The number of halogens is 1. The summed E-state index contributed by atoms with van der Waals surface area (Å²) in [5.41, 5.74) is 3.75. The van der Waals surface area contributed by atoms with E-state index >= 15 is 0 Å². The molecular formula is C26H23FN2O3. The van der Waals surface area contributed by atoms with Gasteiger partial charge in [0.05, 0.1) is 11.3 Å². The van der Waals surface area contributed by atoms with Crippen LogP contribution in [0.1, 0.15) is 34.5 Å². The molecule has 1 atom stereocenters. The van der Waals surface area contributed by atoms with Gasteiger partial charge in [-0.05, 0) is 84.5 Å². The summed E-state index contributed by atoms with van der Waals surface area (Å²) in [6.45, 7) is 3.86. The number of benzene rings is 3. The van der Waals surface area contributed by atoms with Crippen molar-refractivity contribution < 1.29 is 14.3 Å². The van der Waals surface area contributed by atoms with Crippen LogP contribution in [0.2, 0.25) is 0 Å². The van der Waals surface area contributed by atoms with Gasteiger partial charge in [0.15, 0.2) is 0 Å². The van der Waals surface area contributed by atoms with E-state index in [2.05, 4.69) is 5.32 Å². The van der Waals surface area contributed by atoms with E-state index in [9.17, 15) is 19.1 Å². The van der Waals surface area contributed by atoms with Crippen molar-refractivity contribution in [2.75, 3.05) is 5.32 Å². The predicted octanol–water partition coefficient (Wildman–Crippen LogP) is 5.52. The Balaban J connectivity index is 1.89. The van der Waals surface area contributed by atoms with E-state index in [0.29, 0.717) is 16.8 Å². The Labute approximate surface area is 184 Å². The molecular weight excluding hydrogens is 407 g/mol. The fourth-order valence-electron chi connectivity index (χ4n) is 4.05. The summed E-state index contributed by atoms with van der Waals surface area (Å²) in [6, 6.07) is 18.3. The minimum Gasteiger partial charge on any atom is -0.478 e. The quantitative estimate of drug-likeness (QED) is 0.437. The lowest BCUT2D eigenvalue weighted by atomic mass is 9.95. The fourth-order valence-corrected chi connectivity index (χ4v) is 4.05. The predicted molar refractivity (Wildman–Crippen MR) is 125 cm³/mol. The van der Waals surface area contributed by atoms with Crippen LogP contribution in [0.15, 0.2) is 71.5 Å².